The maximum absolute atomic E-state index is 12.4. The van der Waals surface area contributed by atoms with Crippen LogP contribution in [0.3, 0.4) is 0 Å². The second-order valence-electron chi connectivity index (χ2n) is 5.28. The molecule has 24 heavy (non-hydrogen) atoms. The van der Waals surface area contributed by atoms with Gasteiger partial charge in [-0.05, 0) is 32.9 Å². The van der Waals surface area contributed by atoms with Crippen LogP contribution in [0, 0.1) is 0 Å². The summed E-state index contributed by atoms with van der Waals surface area (Å²) in [5, 5.41) is 8.02. The highest BCUT2D eigenvalue weighted by atomic mass is 32.1. The summed E-state index contributed by atoms with van der Waals surface area (Å²) in [6.45, 7) is 6.03. The van der Waals surface area contributed by atoms with Gasteiger partial charge in [-0.3, -0.25) is 14.9 Å². The molecular formula is C16H20N4O3S. The number of carbonyl (C=O) groups is 2. The normalized spacial score (nSPS) is 10.5. The summed E-state index contributed by atoms with van der Waals surface area (Å²) in [7, 11) is 0. The zero-order chi connectivity index (χ0) is 17.5. The number of hydrogen-bond donors (Lipinski definition) is 2. The van der Waals surface area contributed by atoms with E-state index in [2.05, 4.69) is 20.6 Å². The van der Waals surface area contributed by atoms with Gasteiger partial charge in [0.2, 0.25) is 0 Å². The molecule has 2 N–H and O–H groups in total. The van der Waals surface area contributed by atoms with E-state index < -0.39 is 0 Å². The molecule has 0 unspecified atom stereocenters. The summed E-state index contributed by atoms with van der Waals surface area (Å²) in [5.41, 5.74) is 1.01. The molecule has 0 bridgehead atoms. The number of aromatic nitrogens is 2. The van der Waals surface area contributed by atoms with Crippen LogP contribution < -0.4 is 10.6 Å². The molecule has 128 valence electrons. The molecule has 2 heterocycles. The minimum absolute atomic E-state index is 0.0905. The molecule has 0 aromatic carbocycles. The number of ether oxygens (including phenoxy) is 1. The molecule has 0 saturated carbocycles. The smallest absolute Gasteiger partial charge is 0.311 e. The third-order valence-electron chi connectivity index (χ3n) is 2.88. The molecule has 0 aliphatic rings. The lowest BCUT2D eigenvalue weighted by molar-refractivity contribution is -0.142. The van der Waals surface area contributed by atoms with Crippen molar-refractivity contribution in [1.29, 1.82) is 0 Å². The van der Waals surface area contributed by atoms with E-state index >= 15 is 0 Å². The quantitative estimate of drug-likeness (QED) is 0.747. The molecule has 0 saturated heterocycles. The van der Waals surface area contributed by atoms with Crippen LogP contribution in [0.15, 0.2) is 23.7 Å². The number of rotatable bonds is 7. The number of hydrogen-bond acceptors (Lipinski definition) is 7. The molecule has 8 heteroatoms. The van der Waals surface area contributed by atoms with E-state index in [1.54, 1.807) is 30.6 Å². The summed E-state index contributed by atoms with van der Waals surface area (Å²) in [6, 6.07) is 3.55. The van der Waals surface area contributed by atoms with Crippen LogP contribution in [-0.2, 0) is 16.0 Å². The molecule has 2 rings (SSSR count). The first-order valence-corrected chi connectivity index (χ1v) is 8.50. The van der Waals surface area contributed by atoms with Crippen molar-refractivity contribution in [3.8, 4) is 0 Å². The second-order valence-corrected chi connectivity index (χ2v) is 6.14. The molecule has 0 fully saturated rings. The van der Waals surface area contributed by atoms with E-state index in [4.69, 9.17) is 4.74 Å². The van der Waals surface area contributed by atoms with Crippen molar-refractivity contribution in [3.63, 3.8) is 0 Å². The number of esters is 1. The largest absolute Gasteiger partial charge is 0.466 e. The fraction of sp³-hybridized carbons (Fsp3) is 0.375. The fourth-order valence-corrected chi connectivity index (χ4v) is 2.65. The van der Waals surface area contributed by atoms with Gasteiger partial charge in [-0.2, -0.15) is 0 Å². The number of anilines is 2. The van der Waals surface area contributed by atoms with Gasteiger partial charge in [0.05, 0.1) is 24.3 Å². The molecule has 0 aliphatic heterocycles. The standard InChI is InChI=1S/C16H20N4O3S/c1-4-23-13(21)8-11-9-24-16(19-11)20-15(22)12-6-5-7-17-14(12)18-10(2)3/h5-7,9-10H,4,8H2,1-3H3,(H,17,18)(H,19,20,22). The van der Waals surface area contributed by atoms with Crippen LogP contribution in [0.4, 0.5) is 10.9 Å². The number of nitrogens with one attached hydrogen (secondary N) is 2. The second kappa shape index (κ2) is 8.39. The van der Waals surface area contributed by atoms with Crippen molar-refractivity contribution in [2.45, 2.75) is 33.2 Å². The zero-order valence-electron chi connectivity index (χ0n) is 13.8. The molecule has 2 aromatic heterocycles. The number of pyridine rings is 1. The molecular weight excluding hydrogens is 328 g/mol. The minimum atomic E-state index is -0.337. The molecule has 0 radical (unpaired) electrons. The molecule has 0 spiro atoms. The lowest BCUT2D eigenvalue weighted by Gasteiger charge is -2.12. The highest BCUT2D eigenvalue weighted by Crippen LogP contribution is 2.19. The Bertz CT molecular complexity index is 715. The van der Waals surface area contributed by atoms with Crippen LogP contribution in [0.2, 0.25) is 0 Å². The fourth-order valence-electron chi connectivity index (χ4n) is 1.95. The molecule has 0 atom stereocenters. The molecule has 1 amide bonds. The third kappa shape index (κ3) is 5.02. The lowest BCUT2D eigenvalue weighted by Crippen LogP contribution is -2.18. The molecule has 2 aromatic rings. The maximum atomic E-state index is 12.4. The average molecular weight is 348 g/mol. The van der Waals surface area contributed by atoms with Crippen LogP contribution in [0.1, 0.15) is 36.8 Å². The summed E-state index contributed by atoms with van der Waals surface area (Å²) in [5.74, 6) is -0.118. The Kier molecular flexibility index (Phi) is 6.25. The average Bonchev–Trinajstić information content (AvgIpc) is 2.94. The van der Waals surface area contributed by atoms with Crippen molar-refractivity contribution in [2.75, 3.05) is 17.2 Å². The number of amides is 1. The minimum Gasteiger partial charge on any atom is -0.466 e. The van der Waals surface area contributed by atoms with Gasteiger partial charge >= 0.3 is 5.97 Å². The van der Waals surface area contributed by atoms with Gasteiger partial charge in [0.1, 0.15) is 5.82 Å². The van der Waals surface area contributed by atoms with Crippen molar-refractivity contribution in [1.82, 2.24) is 9.97 Å². The number of carbonyl (C=O) groups excluding carboxylic acids is 2. The van der Waals surface area contributed by atoms with Crippen LogP contribution >= 0.6 is 11.3 Å². The van der Waals surface area contributed by atoms with E-state index in [9.17, 15) is 9.59 Å². The third-order valence-corrected chi connectivity index (χ3v) is 3.69. The van der Waals surface area contributed by atoms with Gasteiger partial charge in [-0.1, -0.05) is 0 Å². The van der Waals surface area contributed by atoms with Gasteiger partial charge in [0, 0.05) is 17.6 Å². The Balaban J connectivity index is 2.05. The van der Waals surface area contributed by atoms with E-state index in [1.165, 1.54) is 11.3 Å². The topological polar surface area (TPSA) is 93.2 Å². The first-order valence-electron chi connectivity index (χ1n) is 7.62. The van der Waals surface area contributed by atoms with E-state index in [0.29, 0.717) is 28.8 Å². The lowest BCUT2D eigenvalue weighted by atomic mass is 10.2. The van der Waals surface area contributed by atoms with E-state index in [1.807, 2.05) is 13.8 Å². The SMILES string of the molecule is CCOC(=O)Cc1csc(NC(=O)c2cccnc2NC(C)C)n1. The summed E-state index contributed by atoms with van der Waals surface area (Å²) in [4.78, 5) is 32.3. The Hall–Kier alpha value is -2.48. The van der Waals surface area contributed by atoms with Crippen molar-refractivity contribution < 1.29 is 14.3 Å². The van der Waals surface area contributed by atoms with Crippen LogP contribution in [-0.4, -0.2) is 34.5 Å². The van der Waals surface area contributed by atoms with Gasteiger partial charge in [0.15, 0.2) is 5.13 Å². The first-order chi connectivity index (χ1) is 11.5. The monoisotopic (exact) mass is 348 g/mol. The van der Waals surface area contributed by atoms with Gasteiger partial charge < -0.3 is 10.1 Å². The Morgan fingerprint density at radius 3 is 2.88 bits per heavy atom. The summed E-state index contributed by atoms with van der Waals surface area (Å²) < 4.78 is 4.88. The van der Waals surface area contributed by atoms with Crippen molar-refractivity contribution in [3.05, 3.63) is 35.0 Å². The van der Waals surface area contributed by atoms with E-state index in [0.717, 1.165) is 0 Å². The Morgan fingerprint density at radius 2 is 2.17 bits per heavy atom. The predicted octanol–water partition coefficient (Wildman–Crippen LogP) is 2.72. The Labute approximate surface area is 144 Å². The van der Waals surface area contributed by atoms with Crippen molar-refractivity contribution >= 4 is 34.2 Å². The maximum Gasteiger partial charge on any atom is 0.311 e. The number of thiazole rings is 1. The highest BCUT2D eigenvalue weighted by Gasteiger charge is 2.15. The van der Waals surface area contributed by atoms with Gasteiger partial charge in [0.25, 0.3) is 5.91 Å². The first kappa shape index (κ1) is 17.9. The predicted molar refractivity (Wildman–Crippen MR) is 93.4 cm³/mol. The molecule has 0 aliphatic carbocycles. The molecule has 7 nitrogen and oxygen atoms in total. The Morgan fingerprint density at radius 1 is 1.38 bits per heavy atom. The van der Waals surface area contributed by atoms with Crippen LogP contribution in [0.5, 0.6) is 0 Å². The zero-order valence-corrected chi connectivity index (χ0v) is 14.6. The summed E-state index contributed by atoms with van der Waals surface area (Å²) in [6.07, 6.45) is 1.72. The summed E-state index contributed by atoms with van der Waals surface area (Å²) >= 11 is 1.26. The number of nitrogens with zero attached hydrogens (tertiary/aromatic N) is 2. The van der Waals surface area contributed by atoms with Crippen molar-refractivity contribution in [2.24, 2.45) is 0 Å². The van der Waals surface area contributed by atoms with Crippen LogP contribution in [0.25, 0.3) is 0 Å². The highest BCUT2D eigenvalue weighted by molar-refractivity contribution is 7.14. The van der Waals surface area contributed by atoms with Gasteiger partial charge in [-0.15, -0.1) is 11.3 Å². The van der Waals surface area contributed by atoms with Gasteiger partial charge in [-0.25, -0.2) is 9.97 Å². The van der Waals surface area contributed by atoms with E-state index in [-0.39, 0.29) is 24.3 Å².